The summed E-state index contributed by atoms with van der Waals surface area (Å²) in [6.45, 7) is 12.0. The average Bonchev–Trinajstić information content (AvgIpc) is 0.903. The molecule has 0 aromatic heterocycles. The van der Waals surface area contributed by atoms with Crippen LogP contribution in [-0.4, -0.2) is 96.7 Å². The minimum absolute atomic E-state index is 0.107. The smallest absolute Gasteiger partial charge is 0.462 e. The number of phosphoric ester groups is 2. The second-order valence-corrected chi connectivity index (χ2v) is 34.9. The van der Waals surface area contributed by atoms with Crippen LogP contribution in [0.3, 0.4) is 0 Å². The Kier molecular flexibility index (Phi) is 73.7. The maximum absolute atomic E-state index is 13.1. The van der Waals surface area contributed by atoms with Gasteiger partial charge < -0.3 is 33.8 Å². The van der Waals surface area contributed by atoms with Gasteiger partial charge in [-0.2, -0.15) is 0 Å². The van der Waals surface area contributed by atoms with Crippen LogP contribution in [0.2, 0.25) is 0 Å². The van der Waals surface area contributed by atoms with Gasteiger partial charge in [0.2, 0.25) is 0 Å². The minimum atomic E-state index is -4.97. The van der Waals surface area contributed by atoms with Gasteiger partial charge in [-0.05, 0) is 43.4 Å². The van der Waals surface area contributed by atoms with Crippen LogP contribution in [0.25, 0.3) is 0 Å². The van der Waals surface area contributed by atoms with Crippen molar-refractivity contribution in [2.24, 2.45) is 17.8 Å². The molecule has 0 spiro atoms. The van der Waals surface area contributed by atoms with E-state index in [1.165, 1.54) is 257 Å². The van der Waals surface area contributed by atoms with E-state index in [0.29, 0.717) is 25.7 Å². The van der Waals surface area contributed by atoms with Crippen LogP contribution in [0.1, 0.15) is 447 Å². The molecule has 0 radical (unpaired) electrons. The van der Waals surface area contributed by atoms with Gasteiger partial charge >= 0.3 is 39.5 Å². The summed E-state index contributed by atoms with van der Waals surface area (Å²) in [5, 5.41) is 10.7. The molecule has 17 nitrogen and oxygen atoms in total. The molecule has 0 aromatic rings. The third-order valence-corrected chi connectivity index (χ3v) is 21.8. The molecule has 19 heteroatoms. The Morgan fingerprint density at radius 3 is 0.654 bits per heavy atom. The lowest BCUT2D eigenvalue weighted by atomic mass is 10.0. The van der Waals surface area contributed by atoms with Crippen LogP contribution in [0.15, 0.2) is 0 Å². The first-order valence-corrected chi connectivity index (χ1v) is 46.8. The highest BCUT2D eigenvalue weighted by Gasteiger charge is 2.30. The number of carbonyl (C=O) groups excluding carboxylic acids is 4. The first-order chi connectivity index (χ1) is 50.2. The van der Waals surface area contributed by atoms with Crippen molar-refractivity contribution in [2.75, 3.05) is 39.6 Å². The van der Waals surface area contributed by atoms with E-state index >= 15 is 0 Å². The zero-order valence-corrected chi connectivity index (χ0v) is 70.3. The summed E-state index contributed by atoms with van der Waals surface area (Å²) in [4.78, 5) is 73.2. The van der Waals surface area contributed by atoms with Crippen molar-refractivity contribution in [3.05, 3.63) is 0 Å². The van der Waals surface area contributed by atoms with Crippen molar-refractivity contribution in [1.29, 1.82) is 0 Å². The number of aliphatic hydroxyl groups excluding tert-OH is 1. The molecule has 3 N–H and O–H groups in total. The Balaban J connectivity index is 5.24. The molecule has 0 saturated heterocycles. The van der Waals surface area contributed by atoms with Crippen LogP contribution in [0.4, 0.5) is 0 Å². The van der Waals surface area contributed by atoms with Gasteiger partial charge in [-0.1, -0.05) is 395 Å². The minimum Gasteiger partial charge on any atom is -0.462 e. The zero-order valence-electron chi connectivity index (χ0n) is 68.5. The summed E-state index contributed by atoms with van der Waals surface area (Å²) in [6, 6.07) is 0. The molecule has 0 aromatic carbocycles. The van der Waals surface area contributed by atoms with Crippen molar-refractivity contribution in [2.45, 2.75) is 465 Å². The van der Waals surface area contributed by atoms with Crippen LogP contribution >= 0.6 is 15.6 Å². The van der Waals surface area contributed by atoms with Crippen molar-refractivity contribution in [3.63, 3.8) is 0 Å². The predicted molar refractivity (Wildman–Crippen MR) is 428 cm³/mol. The van der Waals surface area contributed by atoms with Crippen LogP contribution < -0.4 is 0 Å². The third-order valence-electron chi connectivity index (χ3n) is 19.9. The van der Waals surface area contributed by atoms with Crippen molar-refractivity contribution in [1.82, 2.24) is 0 Å². The third kappa shape index (κ3) is 78.2. The van der Waals surface area contributed by atoms with Crippen LogP contribution in [-0.2, 0) is 65.4 Å². The molecule has 0 aliphatic heterocycles. The van der Waals surface area contributed by atoms with E-state index in [0.717, 1.165) is 108 Å². The fourth-order valence-corrected chi connectivity index (χ4v) is 14.8. The lowest BCUT2D eigenvalue weighted by Crippen LogP contribution is -2.30. The predicted octanol–water partition coefficient (Wildman–Crippen LogP) is 25.7. The Hall–Kier alpha value is -1.94. The summed E-state index contributed by atoms with van der Waals surface area (Å²) in [6.07, 6.45) is 65.3. The lowest BCUT2D eigenvalue weighted by molar-refractivity contribution is -0.161. The van der Waals surface area contributed by atoms with Gasteiger partial charge in [0, 0.05) is 25.7 Å². The van der Waals surface area contributed by atoms with E-state index in [9.17, 15) is 43.2 Å². The fraction of sp³-hybridized carbons (Fsp3) is 0.953. The van der Waals surface area contributed by atoms with Crippen LogP contribution in [0.5, 0.6) is 0 Å². The molecular formula is C85H166O17P2. The Labute approximate surface area is 638 Å². The molecule has 0 heterocycles. The molecule has 0 aliphatic rings. The molecule has 0 saturated carbocycles. The maximum atomic E-state index is 13.1. The first kappa shape index (κ1) is 102. The number of phosphoric acid groups is 2. The number of esters is 4. The highest BCUT2D eigenvalue weighted by Crippen LogP contribution is 2.45. The van der Waals surface area contributed by atoms with E-state index < -0.39 is 97.5 Å². The molecule has 0 rings (SSSR count). The molecule has 0 aliphatic carbocycles. The van der Waals surface area contributed by atoms with Crippen molar-refractivity contribution in [3.8, 4) is 0 Å². The van der Waals surface area contributed by atoms with E-state index in [1.807, 2.05) is 0 Å². The van der Waals surface area contributed by atoms with Gasteiger partial charge in [-0.25, -0.2) is 9.13 Å². The SMILES string of the molecule is CCCCCCCCCCCCCCCCC(=O)O[C@H](COC(=O)CCCCCCCCCCC(C)C)COP(=O)(O)OC[C@H](O)COP(=O)(O)OC[C@@H](COC(=O)CCCCCCCCCCCCCCCCCC(C)C)OC(=O)CCCCCCCCCCCCCCCCCCCCC(C)C. The molecule has 2 unspecified atom stereocenters. The molecule has 5 atom stereocenters. The first-order valence-electron chi connectivity index (χ1n) is 43.8. The quantitative estimate of drug-likeness (QED) is 0.0222. The molecular weight excluding hydrogens is 1350 g/mol. The second-order valence-electron chi connectivity index (χ2n) is 32.0. The number of ether oxygens (including phenoxy) is 4. The number of rotatable bonds is 83. The lowest BCUT2D eigenvalue weighted by Gasteiger charge is -2.21. The van der Waals surface area contributed by atoms with Gasteiger partial charge in [-0.3, -0.25) is 37.3 Å². The molecule has 0 amide bonds. The maximum Gasteiger partial charge on any atom is 0.472 e. The Bertz CT molecular complexity index is 2010. The Morgan fingerprint density at radius 1 is 0.260 bits per heavy atom. The zero-order chi connectivity index (χ0) is 76.5. The topological polar surface area (TPSA) is 237 Å². The van der Waals surface area contributed by atoms with Gasteiger partial charge in [0.1, 0.15) is 19.3 Å². The normalized spacial score (nSPS) is 13.9. The standard InChI is InChI=1S/C85H166O17P2/c1-8-9-10-11-12-13-14-15-27-33-38-47-54-61-68-84(89)102-81(73-96-83(88)67-60-53-46-41-40-44-51-58-65-78(6)7)75-100-104(93,94)98-71-79(86)70-97-103(91,92)99-74-80(72-95-82(87)66-59-52-45-37-32-28-24-20-22-26-31-36-43-50-57-64-77(4)5)101-85(90)69-62-55-48-39-34-29-23-19-17-16-18-21-25-30-35-42-49-56-63-76(2)3/h76-81,86H,8-75H2,1-7H3,(H,91,92)(H,93,94)/t79-,80-,81-/m1/s1. The van der Waals surface area contributed by atoms with E-state index in [4.69, 9.17) is 37.0 Å². The molecule has 0 fully saturated rings. The fourth-order valence-electron chi connectivity index (χ4n) is 13.2. The van der Waals surface area contributed by atoms with Gasteiger partial charge in [0.05, 0.1) is 26.4 Å². The monoisotopic (exact) mass is 1520 g/mol. The largest absolute Gasteiger partial charge is 0.472 e. The number of hydrogen-bond acceptors (Lipinski definition) is 15. The van der Waals surface area contributed by atoms with Gasteiger partial charge in [0.25, 0.3) is 0 Å². The number of aliphatic hydroxyl groups is 1. The molecule has 104 heavy (non-hydrogen) atoms. The van der Waals surface area contributed by atoms with E-state index in [-0.39, 0.29) is 25.7 Å². The van der Waals surface area contributed by atoms with Crippen LogP contribution in [0, 0.1) is 17.8 Å². The number of unbranched alkanes of at least 4 members (excludes halogenated alkanes) is 51. The molecule has 0 bridgehead atoms. The highest BCUT2D eigenvalue weighted by atomic mass is 31.2. The summed E-state index contributed by atoms with van der Waals surface area (Å²) in [5.74, 6) is 0.248. The highest BCUT2D eigenvalue weighted by molar-refractivity contribution is 7.47. The van der Waals surface area contributed by atoms with Gasteiger partial charge in [-0.15, -0.1) is 0 Å². The number of carbonyl (C=O) groups is 4. The second kappa shape index (κ2) is 75.1. The number of hydrogen-bond donors (Lipinski definition) is 3. The van der Waals surface area contributed by atoms with Crippen molar-refractivity contribution < 1.29 is 80.2 Å². The van der Waals surface area contributed by atoms with Gasteiger partial charge in [0.15, 0.2) is 12.2 Å². The van der Waals surface area contributed by atoms with E-state index in [1.54, 1.807) is 0 Å². The summed E-state index contributed by atoms with van der Waals surface area (Å²) >= 11 is 0. The summed E-state index contributed by atoms with van der Waals surface area (Å²) in [7, 11) is -9.93. The van der Waals surface area contributed by atoms with E-state index in [2.05, 4.69) is 48.5 Å². The average molecular weight is 1520 g/mol. The summed E-state index contributed by atoms with van der Waals surface area (Å²) in [5.41, 5.74) is 0. The Morgan fingerprint density at radius 2 is 0.442 bits per heavy atom. The van der Waals surface area contributed by atoms with Crippen molar-refractivity contribution >= 4 is 39.5 Å². The molecule has 618 valence electrons. The summed E-state index contributed by atoms with van der Waals surface area (Å²) < 4.78 is 68.9.